The Kier molecular flexibility index (Phi) is 3.02. The van der Waals surface area contributed by atoms with Crippen LogP contribution in [0.1, 0.15) is 38.7 Å². The van der Waals surface area contributed by atoms with E-state index < -0.39 is 0 Å². The van der Waals surface area contributed by atoms with Crippen molar-refractivity contribution in [1.29, 1.82) is 0 Å². The molecule has 16 heavy (non-hydrogen) atoms. The lowest BCUT2D eigenvalue weighted by molar-refractivity contribution is 0.0857. The number of aliphatic hydroxyl groups is 1. The van der Waals surface area contributed by atoms with Crippen LogP contribution in [0, 0.1) is 11.7 Å². The minimum absolute atomic E-state index is 0.226. The van der Waals surface area contributed by atoms with Crippen LogP contribution in [-0.4, -0.2) is 11.2 Å². The fourth-order valence-electron chi connectivity index (χ4n) is 2.04. The fourth-order valence-corrected chi connectivity index (χ4v) is 2.04. The second kappa shape index (κ2) is 4.17. The van der Waals surface area contributed by atoms with Gasteiger partial charge < -0.3 is 5.11 Å². The largest absolute Gasteiger partial charge is 0.392 e. The van der Waals surface area contributed by atoms with Gasteiger partial charge in [0.15, 0.2) is 0 Å². The Hall–Kier alpha value is -0.890. The van der Waals surface area contributed by atoms with E-state index in [0.29, 0.717) is 5.92 Å². The molecule has 1 atom stereocenters. The summed E-state index contributed by atoms with van der Waals surface area (Å²) in [5.74, 6) is 0.478. The molecule has 1 N–H and O–H groups in total. The molecule has 0 aliphatic heterocycles. The molecule has 0 amide bonds. The Labute approximate surface area is 96.3 Å². The van der Waals surface area contributed by atoms with Gasteiger partial charge in [0.2, 0.25) is 0 Å². The van der Waals surface area contributed by atoms with Crippen molar-refractivity contribution in [2.24, 2.45) is 5.92 Å². The standard InChI is InChI=1S/C14H19FO/c1-14(2,13(16)9-10-3-4-10)11-5-7-12(15)8-6-11/h5-8,10,13,16H,3-4,9H2,1-2H3. The third-order valence-electron chi connectivity index (χ3n) is 3.67. The minimum Gasteiger partial charge on any atom is -0.392 e. The maximum atomic E-state index is 12.8. The van der Waals surface area contributed by atoms with Gasteiger partial charge in [-0.2, -0.15) is 0 Å². The van der Waals surface area contributed by atoms with Crippen molar-refractivity contribution in [3.05, 3.63) is 35.6 Å². The molecule has 0 spiro atoms. The van der Waals surface area contributed by atoms with Crippen LogP contribution in [0.3, 0.4) is 0 Å². The zero-order valence-electron chi connectivity index (χ0n) is 9.91. The van der Waals surface area contributed by atoms with Crippen LogP contribution in [0.4, 0.5) is 4.39 Å². The molecule has 0 saturated heterocycles. The number of hydrogen-bond donors (Lipinski definition) is 1. The number of benzene rings is 1. The number of rotatable bonds is 4. The smallest absolute Gasteiger partial charge is 0.123 e. The second-order valence-corrected chi connectivity index (χ2v) is 5.42. The molecule has 1 aliphatic carbocycles. The molecule has 1 saturated carbocycles. The van der Waals surface area contributed by atoms with Gasteiger partial charge in [-0.15, -0.1) is 0 Å². The molecule has 0 radical (unpaired) electrons. The Balaban J connectivity index is 2.12. The lowest BCUT2D eigenvalue weighted by Crippen LogP contribution is -2.34. The lowest BCUT2D eigenvalue weighted by atomic mass is 9.77. The number of aliphatic hydroxyl groups excluding tert-OH is 1. The maximum absolute atomic E-state index is 12.8. The van der Waals surface area contributed by atoms with Crippen LogP contribution < -0.4 is 0 Å². The Bertz CT molecular complexity index is 352. The van der Waals surface area contributed by atoms with Crippen molar-refractivity contribution in [2.75, 3.05) is 0 Å². The summed E-state index contributed by atoms with van der Waals surface area (Å²) in [5, 5.41) is 10.2. The first-order valence-corrected chi connectivity index (χ1v) is 5.94. The summed E-state index contributed by atoms with van der Waals surface area (Å²) in [4.78, 5) is 0. The number of hydrogen-bond acceptors (Lipinski definition) is 1. The normalized spacial score (nSPS) is 18.5. The molecule has 0 bridgehead atoms. The fraction of sp³-hybridized carbons (Fsp3) is 0.571. The van der Waals surface area contributed by atoms with Gasteiger partial charge in [0.05, 0.1) is 6.10 Å². The molecule has 1 nitrogen and oxygen atoms in total. The van der Waals surface area contributed by atoms with E-state index in [-0.39, 0.29) is 17.3 Å². The van der Waals surface area contributed by atoms with Crippen LogP contribution >= 0.6 is 0 Å². The van der Waals surface area contributed by atoms with Crippen LogP contribution in [-0.2, 0) is 5.41 Å². The van der Waals surface area contributed by atoms with Crippen molar-refractivity contribution in [2.45, 2.75) is 44.6 Å². The highest BCUT2D eigenvalue weighted by molar-refractivity contribution is 5.25. The second-order valence-electron chi connectivity index (χ2n) is 5.42. The molecule has 1 unspecified atom stereocenters. The average molecular weight is 222 g/mol. The van der Waals surface area contributed by atoms with Crippen molar-refractivity contribution < 1.29 is 9.50 Å². The molecule has 1 aromatic rings. The Morgan fingerprint density at radius 2 is 1.88 bits per heavy atom. The van der Waals surface area contributed by atoms with E-state index in [9.17, 15) is 9.50 Å². The van der Waals surface area contributed by atoms with E-state index in [1.807, 2.05) is 13.8 Å². The topological polar surface area (TPSA) is 20.2 Å². The van der Waals surface area contributed by atoms with E-state index in [2.05, 4.69) is 0 Å². The summed E-state index contributed by atoms with van der Waals surface area (Å²) in [5.41, 5.74) is 0.707. The van der Waals surface area contributed by atoms with Crippen molar-refractivity contribution in [1.82, 2.24) is 0 Å². The van der Waals surface area contributed by atoms with Gasteiger partial charge in [0.25, 0.3) is 0 Å². The van der Waals surface area contributed by atoms with Gasteiger partial charge in [0, 0.05) is 5.41 Å². The summed E-state index contributed by atoms with van der Waals surface area (Å²) >= 11 is 0. The van der Waals surface area contributed by atoms with Crippen molar-refractivity contribution in [3.8, 4) is 0 Å². The highest BCUT2D eigenvalue weighted by atomic mass is 19.1. The SMILES string of the molecule is CC(C)(c1ccc(F)cc1)C(O)CC1CC1. The van der Waals surface area contributed by atoms with Crippen LogP contribution in [0.2, 0.25) is 0 Å². The average Bonchev–Trinajstić information content (AvgIpc) is 3.02. The molecule has 2 rings (SSSR count). The predicted molar refractivity (Wildman–Crippen MR) is 62.8 cm³/mol. The first-order chi connectivity index (χ1) is 7.50. The molecule has 1 aliphatic rings. The zero-order chi connectivity index (χ0) is 11.8. The molecule has 1 fully saturated rings. The first-order valence-electron chi connectivity index (χ1n) is 5.94. The summed E-state index contributed by atoms with van der Waals surface area (Å²) < 4.78 is 12.8. The third kappa shape index (κ3) is 2.43. The number of halogens is 1. The lowest BCUT2D eigenvalue weighted by Gasteiger charge is -2.31. The van der Waals surface area contributed by atoms with Gasteiger partial charge in [-0.25, -0.2) is 4.39 Å². The zero-order valence-corrected chi connectivity index (χ0v) is 9.91. The van der Waals surface area contributed by atoms with Gasteiger partial charge in [-0.3, -0.25) is 0 Å². The monoisotopic (exact) mass is 222 g/mol. The highest BCUT2D eigenvalue weighted by Gasteiger charge is 2.34. The van der Waals surface area contributed by atoms with Gasteiger partial charge in [-0.1, -0.05) is 38.8 Å². The molecule has 0 heterocycles. The maximum Gasteiger partial charge on any atom is 0.123 e. The van der Waals surface area contributed by atoms with Gasteiger partial charge in [0.1, 0.15) is 5.82 Å². The van der Waals surface area contributed by atoms with Gasteiger partial charge >= 0.3 is 0 Å². The molecule has 0 aromatic heterocycles. The van der Waals surface area contributed by atoms with Crippen molar-refractivity contribution in [3.63, 3.8) is 0 Å². The summed E-state index contributed by atoms with van der Waals surface area (Å²) in [6.07, 6.45) is 3.02. The summed E-state index contributed by atoms with van der Waals surface area (Å²) in [6, 6.07) is 6.46. The quantitative estimate of drug-likeness (QED) is 0.829. The minimum atomic E-state index is -0.342. The van der Waals surface area contributed by atoms with Crippen LogP contribution in [0.25, 0.3) is 0 Å². The summed E-state index contributed by atoms with van der Waals surface area (Å²) in [7, 11) is 0. The van der Waals surface area contributed by atoms with Crippen LogP contribution in [0.15, 0.2) is 24.3 Å². The molecule has 2 heteroatoms. The van der Waals surface area contributed by atoms with E-state index in [0.717, 1.165) is 12.0 Å². The Morgan fingerprint density at radius 1 is 1.31 bits per heavy atom. The third-order valence-corrected chi connectivity index (χ3v) is 3.67. The van der Waals surface area contributed by atoms with E-state index in [1.54, 1.807) is 12.1 Å². The predicted octanol–water partition coefficient (Wildman–Crippen LogP) is 3.26. The van der Waals surface area contributed by atoms with Crippen LogP contribution in [0.5, 0.6) is 0 Å². The van der Waals surface area contributed by atoms with E-state index in [1.165, 1.54) is 25.0 Å². The highest BCUT2D eigenvalue weighted by Crippen LogP contribution is 2.38. The molecular weight excluding hydrogens is 203 g/mol. The Morgan fingerprint density at radius 3 is 2.38 bits per heavy atom. The van der Waals surface area contributed by atoms with E-state index in [4.69, 9.17) is 0 Å². The molecule has 88 valence electrons. The molecular formula is C14H19FO. The van der Waals surface area contributed by atoms with E-state index >= 15 is 0 Å². The van der Waals surface area contributed by atoms with Gasteiger partial charge in [-0.05, 0) is 30.0 Å². The van der Waals surface area contributed by atoms with Crippen molar-refractivity contribution >= 4 is 0 Å². The molecule has 1 aromatic carbocycles. The summed E-state index contributed by atoms with van der Waals surface area (Å²) in [6.45, 7) is 4.04. The first kappa shape index (κ1) is 11.6.